The lowest BCUT2D eigenvalue weighted by Crippen LogP contribution is -2.31. The molecule has 1 atom stereocenters. The van der Waals surface area contributed by atoms with Gasteiger partial charge in [0, 0.05) is 5.69 Å². The van der Waals surface area contributed by atoms with Crippen LogP contribution in [-0.2, 0) is 4.79 Å². The maximum atomic E-state index is 13.4. The summed E-state index contributed by atoms with van der Waals surface area (Å²) in [5.41, 5.74) is 7.62. The number of thiazole rings is 1. The molecule has 172 valence electrons. The third-order valence-electron chi connectivity index (χ3n) is 5.51. The minimum atomic E-state index is -0.930. The molecule has 0 radical (unpaired) electrons. The van der Waals surface area contributed by atoms with Gasteiger partial charge in [0.1, 0.15) is 11.5 Å². The van der Waals surface area contributed by atoms with Gasteiger partial charge in [-0.2, -0.15) is 0 Å². The number of nitrogens with two attached hydrogens (primary N) is 1. The zero-order chi connectivity index (χ0) is 24.0. The fourth-order valence-electron chi connectivity index (χ4n) is 4.02. The summed E-state index contributed by atoms with van der Waals surface area (Å²) in [5.74, 6) is -0.664. The molecule has 0 aliphatic carbocycles. The number of carbonyl (C=O) groups is 2. The van der Waals surface area contributed by atoms with Crippen LogP contribution in [0.5, 0.6) is 5.75 Å². The molecule has 1 amide bonds. The van der Waals surface area contributed by atoms with Crippen molar-refractivity contribution in [2.24, 2.45) is 0 Å². The number of amides is 1. The number of hydrogen-bond acceptors (Lipinski definition) is 8. The van der Waals surface area contributed by atoms with Gasteiger partial charge in [0.05, 0.1) is 28.4 Å². The van der Waals surface area contributed by atoms with Gasteiger partial charge in [-0.1, -0.05) is 23.5 Å². The number of hydrogen-bond donors (Lipinski definition) is 2. The van der Waals surface area contributed by atoms with Crippen LogP contribution in [0, 0.1) is 6.92 Å². The molecule has 4 aromatic rings. The summed E-state index contributed by atoms with van der Waals surface area (Å²) >= 11 is 1.27. The van der Waals surface area contributed by atoms with E-state index in [2.05, 4.69) is 4.98 Å². The van der Waals surface area contributed by atoms with Crippen molar-refractivity contribution in [3.8, 4) is 5.75 Å². The van der Waals surface area contributed by atoms with Gasteiger partial charge >= 0.3 is 0 Å². The molecule has 8 nitrogen and oxygen atoms in total. The molecule has 34 heavy (non-hydrogen) atoms. The first-order chi connectivity index (χ1) is 16.4. The van der Waals surface area contributed by atoms with E-state index in [4.69, 9.17) is 14.9 Å². The normalized spacial score (nSPS) is 16.0. The van der Waals surface area contributed by atoms with Crippen molar-refractivity contribution in [1.82, 2.24) is 4.98 Å². The summed E-state index contributed by atoms with van der Waals surface area (Å²) in [6.45, 7) is 4.13. The summed E-state index contributed by atoms with van der Waals surface area (Å²) in [5, 5.41) is 11.2. The topological polar surface area (TPSA) is 119 Å². The zero-order valence-electron chi connectivity index (χ0n) is 18.4. The van der Waals surface area contributed by atoms with Crippen LogP contribution in [0.4, 0.5) is 10.8 Å². The van der Waals surface area contributed by atoms with Crippen molar-refractivity contribution in [2.45, 2.75) is 19.9 Å². The maximum absolute atomic E-state index is 13.4. The number of furan rings is 1. The van der Waals surface area contributed by atoms with Crippen LogP contribution in [0.1, 0.15) is 34.8 Å². The molecule has 3 N–H and O–H groups in total. The Balaban J connectivity index is 1.65. The average Bonchev–Trinajstić information content (AvgIpc) is 3.50. The molecule has 9 heteroatoms. The van der Waals surface area contributed by atoms with Gasteiger partial charge in [0.25, 0.3) is 5.91 Å². The molecule has 1 aliphatic rings. The third-order valence-corrected chi connectivity index (χ3v) is 6.53. The first-order valence-electron chi connectivity index (χ1n) is 10.6. The first-order valence-corrected chi connectivity index (χ1v) is 11.5. The lowest BCUT2D eigenvalue weighted by atomic mass is 9.95. The molecular weight excluding hydrogens is 454 g/mol. The lowest BCUT2D eigenvalue weighted by molar-refractivity contribution is -0.117. The average molecular weight is 476 g/mol. The summed E-state index contributed by atoms with van der Waals surface area (Å²) in [4.78, 5) is 32.7. The van der Waals surface area contributed by atoms with Gasteiger partial charge in [-0.25, -0.2) is 4.98 Å². The van der Waals surface area contributed by atoms with Gasteiger partial charge < -0.3 is 20.0 Å². The minimum Gasteiger partial charge on any atom is -0.503 e. The number of anilines is 2. The van der Waals surface area contributed by atoms with Gasteiger partial charge in [-0.3, -0.25) is 14.5 Å². The van der Waals surface area contributed by atoms with Crippen molar-refractivity contribution in [3.05, 3.63) is 83.0 Å². The highest BCUT2D eigenvalue weighted by molar-refractivity contribution is 7.22. The summed E-state index contributed by atoms with van der Waals surface area (Å²) in [6.07, 6.45) is 0. The molecule has 0 spiro atoms. The number of rotatable bonds is 6. The van der Waals surface area contributed by atoms with Crippen LogP contribution < -0.4 is 15.4 Å². The number of Topliss-reactive ketones (excluding diaryl/α,β-unsaturated/α-hetero) is 1. The third kappa shape index (κ3) is 3.60. The standard InChI is InChI=1S/C25H21N3O5S/c1-3-32-16-8-9-17-19(12-16)34-25(27-17)28-21(14-5-4-6-15(26)11-14)20(23(30)24(28)31)22(29)18-10-7-13(2)33-18/h4-12,21,30H,3,26H2,1-2H3. The fraction of sp³-hybridized carbons (Fsp3) is 0.160. The number of ketones is 1. The number of fused-ring (bicyclic) bond motifs is 1. The van der Waals surface area contributed by atoms with Crippen LogP contribution in [0.2, 0.25) is 0 Å². The Morgan fingerprint density at radius 1 is 1.24 bits per heavy atom. The van der Waals surface area contributed by atoms with Crippen molar-refractivity contribution in [2.75, 3.05) is 17.2 Å². The van der Waals surface area contributed by atoms with Crippen LogP contribution in [0.25, 0.3) is 10.2 Å². The Morgan fingerprint density at radius 2 is 2.06 bits per heavy atom. The van der Waals surface area contributed by atoms with Crippen LogP contribution in [0.3, 0.4) is 0 Å². The predicted octanol–water partition coefficient (Wildman–Crippen LogP) is 4.96. The molecule has 0 bridgehead atoms. The number of ether oxygens (including phenoxy) is 1. The minimum absolute atomic E-state index is 0.0354. The van der Waals surface area contributed by atoms with Crippen molar-refractivity contribution in [1.29, 1.82) is 0 Å². The molecule has 2 aromatic carbocycles. The molecule has 0 saturated heterocycles. The number of nitrogens with zero attached hydrogens (tertiary/aromatic N) is 2. The van der Waals surface area contributed by atoms with E-state index in [1.807, 2.05) is 13.0 Å². The van der Waals surface area contributed by atoms with Crippen molar-refractivity contribution >= 4 is 44.1 Å². The second kappa shape index (κ2) is 8.35. The number of benzene rings is 2. The van der Waals surface area contributed by atoms with E-state index in [0.29, 0.717) is 40.0 Å². The van der Waals surface area contributed by atoms with Gasteiger partial charge in [-0.15, -0.1) is 0 Å². The van der Waals surface area contributed by atoms with Crippen molar-refractivity contribution < 1.29 is 23.8 Å². The lowest BCUT2D eigenvalue weighted by Gasteiger charge is -2.24. The van der Waals surface area contributed by atoms with E-state index >= 15 is 0 Å². The second-order valence-corrected chi connectivity index (χ2v) is 8.82. The summed E-state index contributed by atoms with van der Waals surface area (Å²) in [6, 6.07) is 14.6. The molecule has 5 rings (SSSR count). The number of aliphatic hydroxyl groups excluding tert-OH is 1. The number of aromatic nitrogens is 1. The molecule has 1 aliphatic heterocycles. The van der Waals surface area contributed by atoms with E-state index in [0.717, 1.165) is 4.70 Å². The van der Waals surface area contributed by atoms with E-state index in [1.54, 1.807) is 49.4 Å². The highest BCUT2D eigenvalue weighted by atomic mass is 32.1. The van der Waals surface area contributed by atoms with E-state index in [-0.39, 0.29) is 11.3 Å². The SMILES string of the molecule is CCOc1ccc2nc(N3C(=O)C(O)=C(C(=O)c4ccc(C)o4)C3c3cccc(N)c3)sc2c1. The van der Waals surface area contributed by atoms with E-state index < -0.39 is 23.5 Å². The Kier molecular flexibility index (Phi) is 5.33. The monoisotopic (exact) mass is 475 g/mol. The Morgan fingerprint density at radius 3 is 2.76 bits per heavy atom. The maximum Gasteiger partial charge on any atom is 0.296 e. The molecule has 3 heterocycles. The second-order valence-electron chi connectivity index (χ2n) is 7.81. The number of carbonyl (C=O) groups excluding carboxylic acids is 2. The Hall–Kier alpha value is -4.11. The number of nitrogen functional groups attached to an aromatic ring is 1. The van der Waals surface area contributed by atoms with Crippen molar-refractivity contribution in [3.63, 3.8) is 0 Å². The Labute approximate surface area is 198 Å². The summed E-state index contributed by atoms with van der Waals surface area (Å²) < 4.78 is 11.9. The quantitative estimate of drug-likeness (QED) is 0.299. The number of aryl methyl sites for hydroxylation is 1. The molecular formula is C25H21N3O5S. The highest BCUT2D eigenvalue weighted by Crippen LogP contribution is 2.44. The van der Waals surface area contributed by atoms with Crippen LogP contribution in [-0.4, -0.2) is 28.4 Å². The smallest absolute Gasteiger partial charge is 0.296 e. The molecule has 2 aromatic heterocycles. The molecule has 1 unspecified atom stereocenters. The molecule has 0 fully saturated rings. The summed E-state index contributed by atoms with van der Waals surface area (Å²) in [7, 11) is 0. The highest BCUT2D eigenvalue weighted by Gasteiger charge is 2.46. The predicted molar refractivity (Wildman–Crippen MR) is 129 cm³/mol. The Bertz CT molecular complexity index is 1470. The van der Waals surface area contributed by atoms with Gasteiger partial charge in [0.15, 0.2) is 16.7 Å². The van der Waals surface area contributed by atoms with Gasteiger partial charge in [-0.05, 0) is 61.9 Å². The fourth-order valence-corrected chi connectivity index (χ4v) is 5.04. The van der Waals surface area contributed by atoms with Crippen LogP contribution in [0.15, 0.2) is 70.3 Å². The van der Waals surface area contributed by atoms with Crippen LogP contribution >= 0.6 is 11.3 Å². The zero-order valence-corrected chi connectivity index (χ0v) is 19.3. The number of aliphatic hydroxyl groups is 1. The van der Waals surface area contributed by atoms with E-state index in [9.17, 15) is 14.7 Å². The molecule has 0 saturated carbocycles. The van der Waals surface area contributed by atoms with E-state index in [1.165, 1.54) is 22.3 Å². The van der Waals surface area contributed by atoms with Gasteiger partial charge in [0.2, 0.25) is 5.78 Å². The first kappa shape index (κ1) is 21.7. The largest absolute Gasteiger partial charge is 0.503 e.